The van der Waals surface area contributed by atoms with Crippen LogP contribution in [0.1, 0.15) is 22.4 Å². The van der Waals surface area contributed by atoms with E-state index in [1.54, 1.807) is 17.8 Å². The zero-order valence-electron chi connectivity index (χ0n) is 14.6. The van der Waals surface area contributed by atoms with Crippen LogP contribution in [-0.4, -0.2) is 27.7 Å². The summed E-state index contributed by atoms with van der Waals surface area (Å²) in [4.78, 5) is 23.6. The van der Waals surface area contributed by atoms with E-state index < -0.39 is 0 Å². The van der Waals surface area contributed by atoms with Gasteiger partial charge in [-0.15, -0.1) is 0 Å². The number of aromatic nitrogens is 2. The highest BCUT2D eigenvalue weighted by Gasteiger charge is 2.22. The zero-order valence-corrected chi connectivity index (χ0v) is 16.2. The van der Waals surface area contributed by atoms with E-state index in [4.69, 9.17) is 16.0 Å². The molecule has 134 valence electrons. The molecular formula is C19H18ClN3O2S. The molecule has 5 nitrogen and oxygen atoms in total. The Morgan fingerprint density at radius 2 is 2.23 bits per heavy atom. The molecule has 7 heteroatoms. The lowest BCUT2D eigenvalue weighted by Crippen LogP contribution is -2.32. The van der Waals surface area contributed by atoms with E-state index >= 15 is 0 Å². The number of halogens is 1. The minimum atomic E-state index is -0.369. The molecule has 0 saturated carbocycles. The van der Waals surface area contributed by atoms with E-state index in [-0.39, 0.29) is 5.63 Å². The maximum atomic E-state index is 12.4. The summed E-state index contributed by atoms with van der Waals surface area (Å²) in [7, 11) is 0. The maximum absolute atomic E-state index is 12.4. The molecule has 2 aromatic heterocycles. The highest BCUT2D eigenvalue weighted by molar-refractivity contribution is 7.98. The Morgan fingerprint density at radius 3 is 3.04 bits per heavy atom. The molecule has 1 aliphatic heterocycles. The van der Waals surface area contributed by atoms with Crippen molar-refractivity contribution >= 4 is 34.3 Å². The topological polar surface area (TPSA) is 59.2 Å². The standard InChI is InChI=1S/C19H18ClN3O2S/c1-11-3-4-16-13(7-11)17(20)14(18(24)25-16)10-23-6-5-15-12(9-23)8-21-19(22-15)26-2/h3-4,7-8H,5-6,9-10H2,1-2H3. The molecule has 1 aromatic carbocycles. The van der Waals surface area contributed by atoms with Crippen LogP contribution < -0.4 is 5.63 Å². The van der Waals surface area contributed by atoms with Crippen LogP contribution in [0.5, 0.6) is 0 Å². The van der Waals surface area contributed by atoms with E-state index in [0.717, 1.165) is 40.3 Å². The number of hydrogen-bond acceptors (Lipinski definition) is 6. The summed E-state index contributed by atoms with van der Waals surface area (Å²) in [6, 6.07) is 5.65. The average Bonchev–Trinajstić information content (AvgIpc) is 2.65. The van der Waals surface area contributed by atoms with Crippen LogP contribution in [0.4, 0.5) is 0 Å². The predicted molar refractivity (Wildman–Crippen MR) is 104 cm³/mol. The first-order valence-corrected chi connectivity index (χ1v) is 9.98. The molecule has 0 radical (unpaired) electrons. The van der Waals surface area contributed by atoms with E-state index in [1.807, 2.05) is 31.5 Å². The molecule has 0 bridgehead atoms. The Balaban J connectivity index is 1.64. The lowest BCUT2D eigenvalue weighted by atomic mass is 10.1. The minimum absolute atomic E-state index is 0.369. The summed E-state index contributed by atoms with van der Waals surface area (Å²) < 4.78 is 5.48. The van der Waals surface area contributed by atoms with E-state index in [2.05, 4.69) is 14.9 Å². The van der Waals surface area contributed by atoms with E-state index in [9.17, 15) is 4.79 Å². The highest BCUT2D eigenvalue weighted by atomic mass is 35.5. The van der Waals surface area contributed by atoms with Crippen molar-refractivity contribution in [2.24, 2.45) is 0 Å². The quantitative estimate of drug-likeness (QED) is 0.387. The van der Waals surface area contributed by atoms with Gasteiger partial charge in [0.05, 0.1) is 16.3 Å². The third-order valence-electron chi connectivity index (χ3n) is 4.64. The first-order chi connectivity index (χ1) is 12.5. The molecule has 3 heterocycles. The second-order valence-electron chi connectivity index (χ2n) is 6.47. The Labute approximate surface area is 160 Å². The average molecular weight is 388 g/mol. The second-order valence-corrected chi connectivity index (χ2v) is 7.62. The van der Waals surface area contributed by atoms with E-state index in [0.29, 0.717) is 29.3 Å². The predicted octanol–water partition coefficient (Wildman–Crippen LogP) is 3.83. The van der Waals surface area contributed by atoms with Crippen molar-refractivity contribution in [3.63, 3.8) is 0 Å². The smallest absolute Gasteiger partial charge is 0.342 e. The molecular weight excluding hydrogens is 370 g/mol. The zero-order chi connectivity index (χ0) is 18.3. The van der Waals surface area contributed by atoms with Gasteiger partial charge in [-0.3, -0.25) is 4.90 Å². The van der Waals surface area contributed by atoms with Gasteiger partial charge in [-0.05, 0) is 25.3 Å². The van der Waals surface area contributed by atoms with Crippen molar-refractivity contribution in [3.8, 4) is 0 Å². The number of hydrogen-bond donors (Lipinski definition) is 0. The SMILES string of the molecule is CSc1ncc2c(n1)CCN(Cc1c(Cl)c3cc(C)ccc3oc1=O)C2. The van der Waals surface area contributed by atoms with Gasteiger partial charge in [0.1, 0.15) is 5.58 Å². The maximum Gasteiger partial charge on any atom is 0.342 e. The number of fused-ring (bicyclic) bond motifs is 2. The summed E-state index contributed by atoms with van der Waals surface area (Å²) in [5.74, 6) is 0. The van der Waals surface area contributed by atoms with Gasteiger partial charge < -0.3 is 4.42 Å². The Kier molecular flexibility index (Phi) is 4.73. The molecule has 3 aromatic rings. The van der Waals surface area contributed by atoms with Crippen molar-refractivity contribution in [2.45, 2.75) is 31.6 Å². The van der Waals surface area contributed by atoms with Crippen molar-refractivity contribution in [3.05, 3.63) is 62.2 Å². The molecule has 4 rings (SSSR count). The molecule has 1 aliphatic rings. The molecule has 0 fully saturated rings. The Hall–Kier alpha value is -1.89. The van der Waals surface area contributed by atoms with Gasteiger partial charge in [0, 0.05) is 43.2 Å². The van der Waals surface area contributed by atoms with Crippen molar-refractivity contribution in [1.29, 1.82) is 0 Å². The summed E-state index contributed by atoms with van der Waals surface area (Å²) in [6.07, 6.45) is 4.69. The third-order valence-corrected chi connectivity index (χ3v) is 5.63. The van der Waals surface area contributed by atoms with Gasteiger partial charge in [-0.1, -0.05) is 35.0 Å². The first-order valence-electron chi connectivity index (χ1n) is 8.38. The fraction of sp³-hybridized carbons (Fsp3) is 0.316. The van der Waals surface area contributed by atoms with Gasteiger partial charge in [0.15, 0.2) is 5.16 Å². The molecule has 0 N–H and O–H groups in total. The van der Waals surface area contributed by atoms with Crippen LogP contribution in [-0.2, 0) is 19.5 Å². The fourth-order valence-corrected chi connectivity index (χ4v) is 3.91. The number of rotatable bonds is 3. The number of aryl methyl sites for hydroxylation is 1. The summed E-state index contributed by atoms with van der Waals surface area (Å²) >= 11 is 8.11. The third kappa shape index (κ3) is 3.24. The Morgan fingerprint density at radius 1 is 1.38 bits per heavy atom. The van der Waals surface area contributed by atoms with Crippen LogP contribution in [0.3, 0.4) is 0 Å². The van der Waals surface area contributed by atoms with Crippen molar-refractivity contribution in [2.75, 3.05) is 12.8 Å². The van der Waals surface area contributed by atoms with Gasteiger partial charge in [-0.2, -0.15) is 0 Å². The fourth-order valence-electron chi connectivity index (χ4n) is 3.27. The molecule has 0 saturated heterocycles. The van der Waals surface area contributed by atoms with Gasteiger partial charge in [-0.25, -0.2) is 14.8 Å². The van der Waals surface area contributed by atoms with Gasteiger partial charge >= 0.3 is 5.63 Å². The van der Waals surface area contributed by atoms with Crippen LogP contribution >= 0.6 is 23.4 Å². The Bertz CT molecular complexity index is 1050. The highest BCUT2D eigenvalue weighted by Crippen LogP contribution is 2.28. The van der Waals surface area contributed by atoms with Crippen molar-refractivity contribution < 1.29 is 4.42 Å². The van der Waals surface area contributed by atoms with Crippen LogP contribution in [0.2, 0.25) is 5.02 Å². The van der Waals surface area contributed by atoms with Gasteiger partial charge in [0.2, 0.25) is 0 Å². The lowest BCUT2D eigenvalue weighted by molar-refractivity contribution is 0.239. The van der Waals surface area contributed by atoms with Crippen LogP contribution in [0.15, 0.2) is 38.8 Å². The molecule has 0 spiro atoms. The summed E-state index contributed by atoms with van der Waals surface area (Å²) in [5, 5.41) is 2.07. The monoisotopic (exact) mass is 387 g/mol. The second kappa shape index (κ2) is 7.02. The lowest BCUT2D eigenvalue weighted by Gasteiger charge is -2.27. The molecule has 0 amide bonds. The summed E-state index contributed by atoms with van der Waals surface area (Å²) in [5.41, 5.74) is 3.93. The van der Waals surface area contributed by atoms with Gasteiger partial charge in [0.25, 0.3) is 0 Å². The molecule has 26 heavy (non-hydrogen) atoms. The number of thioether (sulfide) groups is 1. The number of nitrogens with zero attached hydrogens (tertiary/aromatic N) is 3. The van der Waals surface area contributed by atoms with E-state index in [1.165, 1.54) is 0 Å². The number of benzene rings is 1. The van der Waals surface area contributed by atoms with Crippen molar-refractivity contribution in [1.82, 2.24) is 14.9 Å². The molecule has 0 unspecified atom stereocenters. The first kappa shape index (κ1) is 17.5. The largest absolute Gasteiger partial charge is 0.422 e. The molecule has 0 atom stereocenters. The normalized spacial score (nSPS) is 14.6. The van der Waals surface area contributed by atoms with Crippen LogP contribution in [0, 0.1) is 6.92 Å². The van der Waals surface area contributed by atoms with Crippen LogP contribution in [0.25, 0.3) is 11.0 Å². The molecule has 0 aliphatic carbocycles. The summed E-state index contributed by atoms with van der Waals surface area (Å²) in [6.45, 7) is 3.96. The minimum Gasteiger partial charge on any atom is -0.422 e.